The van der Waals surface area contributed by atoms with E-state index in [-0.39, 0.29) is 0 Å². The van der Waals surface area contributed by atoms with Crippen LogP contribution in [0.5, 0.6) is 0 Å². The Morgan fingerprint density at radius 3 is 2.50 bits per heavy atom. The van der Waals surface area contributed by atoms with Gasteiger partial charge in [0.15, 0.2) is 12.9 Å². The van der Waals surface area contributed by atoms with E-state index in [2.05, 4.69) is 24.8 Å². The lowest BCUT2D eigenvalue weighted by Crippen LogP contribution is -2.12. The molecule has 0 fully saturated rings. The average Bonchev–Trinajstić information content (AvgIpc) is 3.14. The zero-order chi connectivity index (χ0) is 21.9. The molecule has 0 aliphatic rings. The van der Waals surface area contributed by atoms with Crippen LogP contribution in [-0.4, -0.2) is 50.1 Å². The Kier molecular flexibility index (Phi) is 9.99. The van der Waals surface area contributed by atoms with Gasteiger partial charge >= 0.3 is 0 Å². The van der Waals surface area contributed by atoms with Crippen molar-refractivity contribution < 1.29 is 18.2 Å². The van der Waals surface area contributed by atoms with E-state index in [9.17, 15) is 9.18 Å². The summed E-state index contributed by atoms with van der Waals surface area (Å²) in [5.41, 5.74) is 7.81. The molecule has 0 saturated carbocycles. The number of hydroxylamine groups is 1. The molecule has 0 aliphatic carbocycles. The summed E-state index contributed by atoms with van der Waals surface area (Å²) in [6.45, 7) is 1.35. The van der Waals surface area contributed by atoms with Gasteiger partial charge in [-0.2, -0.15) is 0 Å². The summed E-state index contributed by atoms with van der Waals surface area (Å²) in [7, 11) is 5.30. The van der Waals surface area contributed by atoms with Gasteiger partial charge in [-0.05, 0) is 55.3 Å². The van der Waals surface area contributed by atoms with Crippen LogP contribution in [0.3, 0.4) is 0 Å². The van der Waals surface area contributed by atoms with E-state index in [1.54, 1.807) is 14.2 Å². The van der Waals surface area contributed by atoms with Gasteiger partial charge in [0.05, 0.1) is 14.2 Å². The van der Waals surface area contributed by atoms with Crippen molar-refractivity contribution in [3.8, 4) is 11.3 Å². The van der Waals surface area contributed by atoms with Crippen LogP contribution in [0, 0.1) is 5.82 Å². The molecule has 0 bridgehead atoms. The Labute approximate surface area is 180 Å². The molecule has 162 valence electrons. The van der Waals surface area contributed by atoms with Crippen LogP contribution < -0.4 is 10.8 Å². The topological polar surface area (TPSA) is 79.0 Å². The highest BCUT2D eigenvalue weighted by molar-refractivity contribution is 7.93. The van der Waals surface area contributed by atoms with Gasteiger partial charge < -0.3 is 19.3 Å². The molecule has 0 atom stereocenters. The largest absolute Gasteiger partial charge is 0.354 e. The fourth-order valence-electron chi connectivity index (χ4n) is 3.18. The van der Waals surface area contributed by atoms with Crippen LogP contribution in [-0.2, 0) is 17.2 Å². The highest BCUT2D eigenvalue weighted by Crippen LogP contribution is 2.33. The Bertz CT molecular complexity index is 943. The summed E-state index contributed by atoms with van der Waals surface area (Å²) in [6.07, 6.45) is 3.32. The smallest absolute Gasteiger partial charge is 0.193 e. The first-order chi connectivity index (χ1) is 14.6. The highest BCUT2D eigenvalue weighted by Gasteiger charge is 2.17. The Morgan fingerprint density at radius 1 is 1.23 bits per heavy atom. The first-order valence-corrected chi connectivity index (χ1v) is 10.7. The van der Waals surface area contributed by atoms with Gasteiger partial charge in [0, 0.05) is 34.0 Å². The number of nitrogens with one attached hydrogen (secondary N) is 3. The second kappa shape index (κ2) is 12.5. The van der Waals surface area contributed by atoms with Gasteiger partial charge in [-0.3, -0.25) is 4.79 Å². The molecule has 30 heavy (non-hydrogen) atoms. The summed E-state index contributed by atoms with van der Waals surface area (Å²) in [4.78, 5) is 18.9. The molecule has 6 nitrogen and oxygen atoms in total. The molecule has 0 amide bonds. The van der Waals surface area contributed by atoms with E-state index in [0.29, 0.717) is 24.0 Å². The van der Waals surface area contributed by atoms with Gasteiger partial charge in [-0.15, -0.1) is 0 Å². The standard InChI is InChI=1S/C20H22FN3O2.C2H6OS/c1-22-8-7-17-19-15(11-25)9-16(21)10-18(19)24-20(17)14-5-3-13(4-6-14)12-26-23-2;1-3-4-2/h3-6,9-11,22-24H,7-8,12H2,1-2H3;1-2H3/p+1. The van der Waals surface area contributed by atoms with Crippen molar-refractivity contribution in [2.24, 2.45) is 0 Å². The van der Waals surface area contributed by atoms with Gasteiger partial charge in [0.1, 0.15) is 5.82 Å². The lowest BCUT2D eigenvalue weighted by atomic mass is 9.99. The van der Waals surface area contributed by atoms with Crippen molar-refractivity contribution in [2.75, 3.05) is 34.0 Å². The number of hydrogen-bond donors (Lipinski definition) is 3. The van der Waals surface area contributed by atoms with Crippen LogP contribution in [0.25, 0.3) is 22.2 Å². The summed E-state index contributed by atoms with van der Waals surface area (Å²) in [5.74, 6) is -0.420. The number of aromatic amines is 1. The Morgan fingerprint density at radius 2 is 1.93 bits per heavy atom. The summed E-state index contributed by atoms with van der Waals surface area (Å²) in [6, 6.07) is 10.8. The molecule has 0 spiro atoms. The number of carbonyl (C=O) groups excluding carboxylic acids is 1. The molecule has 1 heterocycles. The van der Waals surface area contributed by atoms with Crippen LogP contribution in [0.2, 0.25) is 0 Å². The van der Waals surface area contributed by atoms with Gasteiger partial charge in [0.2, 0.25) is 0 Å². The molecule has 4 N–H and O–H groups in total. The summed E-state index contributed by atoms with van der Waals surface area (Å²) in [5, 5.41) is 3.93. The maximum Gasteiger partial charge on any atom is 0.193 e. The first kappa shape index (κ1) is 24.0. The van der Waals surface area contributed by atoms with E-state index >= 15 is 0 Å². The minimum Gasteiger partial charge on any atom is -0.354 e. The number of fused-ring (bicyclic) bond motifs is 1. The first-order valence-electron chi connectivity index (χ1n) is 9.52. The molecule has 0 unspecified atom stereocenters. The number of benzene rings is 2. The molecule has 1 aromatic heterocycles. The number of likely N-dealkylation sites (N-methyl/N-ethyl adjacent to an activating group) is 1. The Balaban J connectivity index is 0.000000735. The third-order valence-corrected chi connectivity index (χ3v) is 4.91. The zero-order valence-corrected chi connectivity index (χ0v) is 18.5. The van der Waals surface area contributed by atoms with E-state index in [1.807, 2.05) is 37.6 Å². The molecule has 2 aromatic carbocycles. The van der Waals surface area contributed by atoms with E-state index in [1.165, 1.54) is 24.2 Å². The number of H-pyrrole nitrogens is 1. The number of aldehydes is 1. The number of rotatable bonds is 9. The maximum absolute atomic E-state index is 13.8. The van der Waals surface area contributed by atoms with Crippen molar-refractivity contribution >= 4 is 29.2 Å². The molecule has 8 heteroatoms. The SMILES string of the molecule is CNCCc1c(-c2ccc(C[OH+]NC)cc2)[nH]c2cc(F)cc(C=O)c12.COSC. The quantitative estimate of drug-likeness (QED) is 0.207. The van der Waals surface area contributed by atoms with Crippen LogP contribution in [0.15, 0.2) is 36.4 Å². The van der Waals surface area contributed by atoms with E-state index in [4.69, 9.17) is 0 Å². The number of halogens is 1. The van der Waals surface area contributed by atoms with Crippen molar-refractivity contribution in [3.05, 3.63) is 58.9 Å². The number of aliphatic hydroxyl groups is 1. The fourth-order valence-corrected chi connectivity index (χ4v) is 3.18. The minimum atomic E-state index is -0.420. The predicted octanol–water partition coefficient (Wildman–Crippen LogP) is 3.62. The molecule has 0 saturated heterocycles. The summed E-state index contributed by atoms with van der Waals surface area (Å²) >= 11 is 1.36. The fraction of sp³-hybridized carbons (Fsp3) is 0.318. The Hall–Kier alpha value is -2.23. The van der Waals surface area contributed by atoms with Crippen molar-refractivity contribution in [1.29, 1.82) is 0 Å². The third-order valence-electron chi connectivity index (χ3n) is 4.58. The van der Waals surface area contributed by atoms with Crippen LogP contribution in [0.4, 0.5) is 4.39 Å². The van der Waals surface area contributed by atoms with Crippen molar-refractivity contribution in [1.82, 2.24) is 15.8 Å². The highest BCUT2D eigenvalue weighted by atomic mass is 32.2. The van der Waals surface area contributed by atoms with E-state index < -0.39 is 5.82 Å². The molecular weight excluding hydrogens is 405 g/mol. The number of carbonyl (C=O) groups is 1. The summed E-state index contributed by atoms with van der Waals surface area (Å²) < 4.78 is 18.3. The predicted molar refractivity (Wildman–Crippen MR) is 122 cm³/mol. The monoisotopic (exact) mass is 434 g/mol. The third kappa shape index (κ3) is 6.13. The van der Waals surface area contributed by atoms with Gasteiger partial charge in [-0.1, -0.05) is 29.7 Å². The van der Waals surface area contributed by atoms with Gasteiger partial charge in [0.25, 0.3) is 0 Å². The molecule has 3 rings (SSSR count). The molecule has 0 aliphatic heterocycles. The lowest BCUT2D eigenvalue weighted by Gasteiger charge is -2.07. The average molecular weight is 435 g/mol. The number of hydrogen-bond acceptors (Lipinski definition) is 5. The lowest BCUT2D eigenvalue weighted by molar-refractivity contribution is -0.123. The van der Waals surface area contributed by atoms with Crippen LogP contribution >= 0.6 is 12.0 Å². The van der Waals surface area contributed by atoms with Gasteiger partial charge in [-0.25, -0.2) is 4.39 Å². The second-order valence-electron chi connectivity index (χ2n) is 6.44. The van der Waals surface area contributed by atoms with Crippen LogP contribution in [0.1, 0.15) is 21.5 Å². The maximum atomic E-state index is 13.8. The van der Waals surface area contributed by atoms with Crippen molar-refractivity contribution in [3.63, 3.8) is 0 Å². The van der Waals surface area contributed by atoms with Crippen molar-refractivity contribution in [2.45, 2.75) is 13.0 Å². The second-order valence-corrected chi connectivity index (χ2v) is 7.10. The van der Waals surface area contributed by atoms with E-state index in [0.717, 1.165) is 40.7 Å². The minimum absolute atomic E-state index is 0.373. The zero-order valence-electron chi connectivity index (χ0n) is 17.7. The molecule has 0 radical (unpaired) electrons. The molecular formula is C22H29FN3O3S+. The number of aromatic nitrogens is 1. The normalized spacial score (nSPS) is 10.7. The molecule has 3 aromatic rings.